The normalized spacial score (nSPS) is 12.8. The summed E-state index contributed by atoms with van der Waals surface area (Å²) < 4.78 is 12.6. The third kappa shape index (κ3) is 3.85. The highest BCUT2D eigenvalue weighted by Crippen LogP contribution is 2.02. The SMILES string of the molecule is CC(CCN)NCc1ccc(F)cc1. The molecular formula is C11H17FN2. The van der Waals surface area contributed by atoms with Crippen molar-refractivity contribution in [2.24, 2.45) is 5.73 Å². The Balaban J connectivity index is 2.34. The number of hydrogen-bond donors (Lipinski definition) is 2. The van der Waals surface area contributed by atoms with Gasteiger partial charge in [-0.1, -0.05) is 12.1 Å². The van der Waals surface area contributed by atoms with Crippen LogP contribution in [0.25, 0.3) is 0 Å². The molecule has 1 aromatic carbocycles. The molecule has 1 unspecified atom stereocenters. The van der Waals surface area contributed by atoms with Crippen molar-refractivity contribution < 1.29 is 4.39 Å². The lowest BCUT2D eigenvalue weighted by atomic mass is 10.2. The maximum absolute atomic E-state index is 12.6. The maximum atomic E-state index is 12.6. The van der Waals surface area contributed by atoms with Crippen molar-refractivity contribution in [1.82, 2.24) is 5.32 Å². The second kappa shape index (κ2) is 5.73. The van der Waals surface area contributed by atoms with E-state index < -0.39 is 0 Å². The molecule has 2 nitrogen and oxygen atoms in total. The second-order valence-corrected chi connectivity index (χ2v) is 3.49. The number of hydrogen-bond acceptors (Lipinski definition) is 2. The Morgan fingerprint density at radius 3 is 2.57 bits per heavy atom. The van der Waals surface area contributed by atoms with Gasteiger partial charge in [-0.25, -0.2) is 4.39 Å². The molecule has 0 aliphatic rings. The third-order valence-electron chi connectivity index (χ3n) is 2.17. The average Bonchev–Trinajstić information content (AvgIpc) is 2.17. The first-order chi connectivity index (χ1) is 6.72. The van der Waals surface area contributed by atoms with Crippen molar-refractivity contribution in [2.45, 2.75) is 25.9 Å². The maximum Gasteiger partial charge on any atom is 0.123 e. The standard InChI is InChI=1S/C11H17FN2/c1-9(6-7-13)14-8-10-2-4-11(12)5-3-10/h2-5,9,14H,6-8,13H2,1H3. The quantitative estimate of drug-likeness (QED) is 0.751. The smallest absolute Gasteiger partial charge is 0.123 e. The molecule has 0 saturated heterocycles. The minimum absolute atomic E-state index is 0.191. The van der Waals surface area contributed by atoms with Crippen molar-refractivity contribution in [3.8, 4) is 0 Å². The number of benzene rings is 1. The number of halogens is 1. The molecule has 0 saturated carbocycles. The van der Waals surface area contributed by atoms with Gasteiger partial charge in [-0.3, -0.25) is 0 Å². The fourth-order valence-electron chi connectivity index (χ4n) is 1.25. The third-order valence-corrected chi connectivity index (χ3v) is 2.17. The van der Waals surface area contributed by atoms with Gasteiger partial charge in [-0.15, -0.1) is 0 Å². The minimum atomic E-state index is -0.191. The van der Waals surface area contributed by atoms with E-state index >= 15 is 0 Å². The van der Waals surface area contributed by atoms with Crippen LogP contribution in [0.2, 0.25) is 0 Å². The van der Waals surface area contributed by atoms with E-state index in [9.17, 15) is 4.39 Å². The molecule has 0 radical (unpaired) electrons. The lowest BCUT2D eigenvalue weighted by molar-refractivity contribution is 0.519. The summed E-state index contributed by atoms with van der Waals surface area (Å²) in [7, 11) is 0. The van der Waals surface area contributed by atoms with Crippen molar-refractivity contribution in [2.75, 3.05) is 6.54 Å². The zero-order chi connectivity index (χ0) is 10.4. The summed E-state index contributed by atoms with van der Waals surface area (Å²) in [5.41, 5.74) is 6.52. The van der Waals surface area contributed by atoms with Crippen molar-refractivity contribution in [1.29, 1.82) is 0 Å². The highest BCUT2D eigenvalue weighted by atomic mass is 19.1. The van der Waals surface area contributed by atoms with Gasteiger partial charge in [-0.2, -0.15) is 0 Å². The van der Waals surface area contributed by atoms with E-state index in [0.29, 0.717) is 12.6 Å². The van der Waals surface area contributed by atoms with Crippen LogP contribution in [0.1, 0.15) is 18.9 Å². The summed E-state index contributed by atoms with van der Waals surface area (Å²) in [5.74, 6) is -0.191. The second-order valence-electron chi connectivity index (χ2n) is 3.49. The van der Waals surface area contributed by atoms with Crippen LogP contribution < -0.4 is 11.1 Å². The average molecular weight is 196 g/mol. The van der Waals surface area contributed by atoms with Crippen LogP contribution in [0.4, 0.5) is 4.39 Å². The predicted octanol–water partition coefficient (Wildman–Crippen LogP) is 1.65. The molecule has 78 valence electrons. The molecular weight excluding hydrogens is 179 g/mol. The monoisotopic (exact) mass is 196 g/mol. The first-order valence-corrected chi connectivity index (χ1v) is 4.90. The molecule has 0 amide bonds. The van der Waals surface area contributed by atoms with E-state index in [1.165, 1.54) is 12.1 Å². The first-order valence-electron chi connectivity index (χ1n) is 4.90. The molecule has 0 aliphatic heterocycles. The molecule has 0 bridgehead atoms. The van der Waals surface area contributed by atoms with E-state index in [4.69, 9.17) is 5.73 Å². The zero-order valence-corrected chi connectivity index (χ0v) is 8.46. The summed E-state index contributed by atoms with van der Waals surface area (Å²) in [6, 6.07) is 6.94. The van der Waals surface area contributed by atoms with E-state index in [2.05, 4.69) is 12.2 Å². The Hall–Kier alpha value is -0.930. The Morgan fingerprint density at radius 1 is 1.36 bits per heavy atom. The first kappa shape index (κ1) is 11.1. The summed E-state index contributed by atoms with van der Waals surface area (Å²) in [6.07, 6.45) is 0.960. The topological polar surface area (TPSA) is 38.0 Å². The van der Waals surface area contributed by atoms with Gasteiger partial charge in [0.2, 0.25) is 0 Å². The van der Waals surface area contributed by atoms with Gasteiger partial charge < -0.3 is 11.1 Å². The molecule has 1 aromatic rings. The molecule has 0 heterocycles. The van der Waals surface area contributed by atoms with E-state index in [1.54, 1.807) is 12.1 Å². The summed E-state index contributed by atoms with van der Waals surface area (Å²) in [4.78, 5) is 0. The van der Waals surface area contributed by atoms with E-state index in [0.717, 1.165) is 18.5 Å². The molecule has 0 aliphatic carbocycles. The van der Waals surface area contributed by atoms with Crippen LogP contribution in [0.3, 0.4) is 0 Å². The molecule has 1 rings (SSSR count). The minimum Gasteiger partial charge on any atom is -0.330 e. The molecule has 0 spiro atoms. The predicted molar refractivity (Wildman–Crippen MR) is 56.4 cm³/mol. The number of nitrogens with one attached hydrogen (secondary N) is 1. The van der Waals surface area contributed by atoms with Gasteiger partial charge in [0, 0.05) is 12.6 Å². The molecule has 3 N–H and O–H groups in total. The van der Waals surface area contributed by atoms with Gasteiger partial charge in [0.1, 0.15) is 5.82 Å². The van der Waals surface area contributed by atoms with Gasteiger partial charge >= 0.3 is 0 Å². The van der Waals surface area contributed by atoms with Crippen molar-refractivity contribution in [3.63, 3.8) is 0 Å². The summed E-state index contributed by atoms with van der Waals surface area (Å²) in [5, 5.41) is 3.32. The van der Waals surface area contributed by atoms with Crippen LogP contribution in [0, 0.1) is 5.82 Å². The molecule has 0 aromatic heterocycles. The van der Waals surface area contributed by atoms with E-state index in [-0.39, 0.29) is 5.82 Å². The zero-order valence-electron chi connectivity index (χ0n) is 8.46. The van der Waals surface area contributed by atoms with Gasteiger partial charge in [-0.05, 0) is 37.6 Å². The van der Waals surface area contributed by atoms with Crippen LogP contribution in [-0.2, 0) is 6.54 Å². The van der Waals surface area contributed by atoms with Gasteiger partial charge in [0.25, 0.3) is 0 Å². The van der Waals surface area contributed by atoms with Crippen LogP contribution >= 0.6 is 0 Å². The highest BCUT2D eigenvalue weighted by Gasteiger charge is 1.99. The van der Waals surface area contributed by atoms with Crippen molar-refractivity contribution in [3.05, 3.63) is 35.6 Å². The van der Waals surface area contributed by atoms with Crippen LogP contribution in [-0.4, -0.2) is 12.6 Å². The van der Waals surface area contributed by atoms with Crippen LogP contribution in [0.5, 0.6) is 0 Å². The van der Waals surface area contributed by atoms with Crippen molar-refractivity contribution >= 4 is 0 Å². The Morgan fingerprint density at radius 2 is 2.00 bits per heavy atom. The summed E-state index contributed by atoms with van der Waals surface area (Å²) >= 11 is 0. The Bertz CT molecular complexity index is 258. The highest BCUT2D eigenvalue weighted by molar-refractivity contribution is 5.15. The molecule has 3 heteroatoms. The Labute approximate surface area is 84.3 Å². The van der Waals surface area contributed by atoms with Gasteiger partial charge in [0.15, 0.2) is 0 Å². The molecule has 1 atom stereocenters. The summed E-state index contributed by atoms with van der Waals surface area (Å²) in [6.45, 7) is 3.55. The molecule has 0 fully saturated rings. The number of rotatable bonds is 5. The Kier molecular flexibility index (Phi) is 4.56. The largest absolute Gasteiger partial charge is 0.330 e. The number of nitrogens with two attached hydrogens (primary N) is 1. The lowest BCUT2D eigenvalue weighted by Gasteiger charge is -2.12. The fourth-order valence-corrected chi connectivity index (χ4v) is 1.25. The lowest BCUT2D eigenvalue weighted by Crippen LogP contribution is -2.27. The fraction of sp³-hybridized carbons (Fsp3) is 0.455. The van der Waals surface area contributed by atoms with Gasteiger partial charge in [0.05, 0.1) is 0 Å². The van der Waals surface area contributed by atoms with Crippen LogP contribution in [0.15, 0.2) is 24.3 Å². The molecule has 14 heavy (non-hydrogen) atoms. The van der Waals surface area contributed by atoms with E-state index in [1.807, 2.05) is 0 Å².